The van der Waals surface area contributed by atoms with Crippen LogP contribution in [-0.2, 0) is 13.6 Å². The van der Waals surface area contributed by atoms with Crippen molar-refractivity contribution in [2.45, 2.75) is 16.7 Å². The van der Waals surface area contributed by atoms with Crippen molar-refractivity contribution in [2.24, 2.45) is 12.8 Å². The average Bonchev–Trinajstić information content (AvgIpc) is 2.65. The minimum Gasteiger partial charge on any atom is -0.329 e. The molecule has 0 aliphatic carbocycles. The Labute approximate surface area is 92.5 Å². The van der Waals surface area contributed by atoms with E-state index < -0.39 is 0 Å². The molecule has 0 bridgehead atoms. The topological polar surface area (TPSA) is 56.7 Å². The van der Waals surface area contributed by atoms with Crippen LogP contribution in [-0.4, -0.2) is 14.5 Å². The van der Waals surface area contributed by atoms with Gasteiger partial charge in [0, 0.05) is 32.2 Å². The van der Waals surface area contributed by atoms with Gasteiger partial charge in [0.25, 0.3) is 0 Å². The molecule has 2 N–H and O–H groups in total. The SMILES string of the molecule is Cn1ccnc1Sc1ncccc1CN. The van der Waals surface area contributed by atoms with E-state index in [2.05, 4.69) is 9.97 Å². The van der Waals surface area contributed by atoms with Gasteiger partial charge in [0.1, 0.15) is 5.03 Å². The lowest BCUT2D eigenvalue weighted by atomic mass is 10.3. The number of hydrogen-bond acceptors (Lipinski definition) is 4. The molecule has 0 aliphatic rings. The minimum absolute atomic E-state index is 0.501. The lowest BCUT2D eigenvalue weighted by Gasteiger charge is -2.05. The molecular formula is C10H12N4S. The van der Waals surface area contributed by atoms with Crippen LogP contribution in [0.15, 0.2) is 40.9 Å². The first kappa shape index (κ1) is 10.2. The molecule has 0 spiro atoms. The Morgan fingerprint density at radius 2 is 2.27 bits per heavy atom. The van der Waals surface area contributed by atoms with Crippen LogP contribution in [0.2, 0.25) is 0 Å². The van der Waals surface area contributed by atoms with Gasteiger partial charge in [-0.2, -0.15) is 0 Å². The zero-order valence-electron chi connectivity index (χ0n) is 8.42. The van der Waals surface area contributed by atoms with Crippen molar-refractivity contribution in [2.75, 3.05) is 0 Å². The van der Waals surface area contributed by atoms with Gasteiger partial charge >= 0.3 is 0 Å². The number of aromatic nitrogens is 3. The van der Waals surface area contributed by atoms with Crippen LogP contribution in [0.3, 0.4) is 0 Å². The molecule has 5 heteroatoms. The molecule has 0 atom stereocenters. The zero-order valence-corrected chi connectivity index (χ0v) is 9.24. The van der Waals surface area contributed by atoms with Crippen molar-refractivity contribution in [1.82, 2.24) is 14.5 Å². The molecule has 0 unspecified atom stereocenters. The van der Waals surface area contributed by atoms with E-state index in [4.69, 9.17) is 5.73 Å². The molecule has 0 amide bonds. The van der Waals surface area contributed by atoms with E-state index in [1.54, 1.807) is 12.4 Å². The summed E-state index contributed by atoms with van der Waals surface area (Å²) in [5.41, 5.74) is 6.68. The van der Waals surface area contributed by atoms with Gasteiger partial charge in [0.15, 0.2) is 5.16 Å². The fourth-order valence-corrected chi connectivity index (χ4v) is 2.10. The Morgan fingerprint density at radius 1 is 1.40 bits per heavy atom. The molecule has 2 aromatic heterocycles. The highest BCUT2D eigenvalue weighted by molar-refractivity contribution is 7.99. The maximum atomic E-state index is 5.64. The predicted octanol–water partition coefficient (Wildman–Crippen LogP) is 1.43. The van der Waals surface area contributed by atoms with Gasteiger partial charge in [-0.25, -0.2) is 9.97 Å². The number of hydrogen-bond donors (Lipinski definition) is 1. The van der Waals surface area contributed by atoms with Crippen molar-refractivity contribution in [1.29, 1.82) is 0 Å². The molecule has 2 heterocycles. The molecular weight excluding hydrogens is 208 g/mol. The summed E-state index contributed by atoms with van der Waals surface area (Å²) >= 11 is 1.53. The Morgan fingerprint density at radius 3 is 2.93 bits per heavy atom. The Kier molecular flexibility index (Phi) is 3.03. The highest BCUT2D eigenvalue weighted by atomic mass is 32.2. The van der Waals surface area contributed by atoms with Gasteiger partial charge in [0.2, 0.25) is 0 Å². The Bertz CT molecular complexity index is 452. The minimum atomic E-state index is 0.501. The summed E-state index contributed by atoms with van der Waals surface area (Å²) < 4.78 is 1.96. The molecule has 0 aromatic carbocycles. The maximum absolute atomic E-state index is 5.64. The van der Waals surface area contributed by atoms with Crippen LogP contribution < -0.4 is 5.73 Å². The number of nitrogens with two attached hydrogens (primary N) is 1. The van der Waals surface area contributed by atoms with Crippen molar-refractivity contribution in [3.63, 3.8) is 0 Å². The summed E-state index contributed by atoms with van der Waals surface area (Å²) in [6.07, 6.45) is 5.45. The number of rotatable bonds is 3. The third kappa shape index (κ3) is 2.19. The van der Waals surface area contributed by atoms with E-state index in [1.165, 1.54) is 11.8 Å². The first-order valence-corrected chi connectivity index (χ1v) is 5.42. The maximum Gasteiger partial charge on any atom is 0.174 e. The van der Waals surface area contributed by atoms with E-state index in [0.29, 0.717) is 6.54 Å². The first-order chi connectivity index (χ1) is 7.31. The second-order valence-corrected chi connectivity index (χ2v) is 4.05. The predicted molar refractivity (Wildman–Crippen MR) is 59.5 cm³/mol. The van der Waals surface area contributed by atoms with Gasteiger partial charge in [-0.05, 0) is 23.4 Å². The first-order valence-electron chi connectivity index (χ1n) is 4.60. The smallest absolute Gasteiger partial charge is 0.174 e. The summed E-state index contributed by atoms with van der Waals surface area (Å²) in [7, 11) is 1.96. The summed E-state index contributed by atoms with van der Waals surface area (Å²) in [5.74, 6) is 0. The van der Waals surface area contributed by atoms with Gasteiger partial charge in [-0.3, -0.25) is 0 Å². The normalized spacial score (nSPS) is 10.5. The summed E-state index contributed by atoms with van der Waals surface area (Å²) in [6, 6.07) is 3.88. The molecule has 0 radical (unpaired) electrons. The van der Waals surface area contributed by atoms with Gasteiger partial charge in [-0.15, -0.1) is 0 Å². The standard InChI is InChI=1S/C10H12N4S/c1-14-6-5-13-10(14)15-9-8(7-11)3-2-4-12-9/h2-6H,7,11H2,1H3. The monoisotopic (exact) mass is 220 g/mol. The van der Waals surface area contributed by atoms with Crippen LogP contribution in [0.4, 0.5) is 0 Å². The highest BCUT2D eigenvalue weighted by Crippen LogP contribution is 2.26. The lowest BCUT2D eigenvalue weighted by Crippen LogP contribution is -2.00. The van der Waals surface area contributed by atoms with E-state index in [-0.39, 0.29) is 0 Å². The molecule has 0 fully saturated rings. The quantitative estimate of drug-likeness (QED) is 0.850. The molecule has 0 aliphatic heterocycles. The summed E-state index contributed by atoms with van der Waals surface area (Å²) in [4.78, 5) is 8.53. The highest BCUT2D eigenvalue weighted by Gasteiger charge is 2.07. The molecule has 2 rings (SSSR count). The number of pyridine rings is 1. The number of imidazole rings is 1. The fraction of sp³-hybridized carbons (Fsp3) is 0.200. The average molecular weight is 220 g/mol. The van der Waals surface area contributed by atoms with Gasteiger partial charge in [0.05, 0.1) is 0 Å². The van der Waals surface area contributed by atoms with Crippen LogP contribution in [0.1, 0.15) is 5.56 Å². The fourth-order valence-electron chi connectivity index (χ4n) is 1.21. The van der Waals surface area contributed by atoms with Crippen molar-refractivity contribution >= 4 is 11.8 Å². The largest absolute Gasteiger partial charge is 0.329 e. The van der Waals surface area contributed by atoms with Gasteiger partial charge < -0.3 is 10.3 Å². The Hall–Kier alpha value is -1.33. The van der Waals surface area contributed by atoms with Crippen molar-refractivity contribution < 1.29 is 0 Å². The Balaban J connectivity index is 2.28. The second kappa shape index (κ2) is 4.46. The zero-order chi connectivity index (χ0) is 10.7. The van der Waals surface area contributed by atoms with Crippen LogP contribution in [0.5, 0.6) is 0 Å². The van der Waals surface area contributed by atoms with E-state index in [9.17, 15) is 0 Å². The molecule has 15 heavy (non-hydrogen) atoms. The molecule has 2 aromatic rings. The molecule has 78 valence electrons. The van der Waals surface area contributed by atoms with Gasteiger partial charge in [-0.1, -0.05) is 6.07 Å². The van der Waals surface area contributed by atoms with Crippen molar-refractivity contribution in [3.05, 3.63) is 36.3 Å². The summed E-state index contributed by atoms with van der Waals surface area (Å²) in [5, 5.41) is 1.85. The van der Waals surface area contributed by atoms with E-state index in [0.717, 1.165) is 15.7 Å². The third-order valence-corrected chi connectivity index (χ3v) is 3.17. The van der Waals surface area contributed by atoms with Crippen LogP contribution >= 0.6 is 11.8 Å². The second-order valence-electron chi connectivity index (χ2n) is 3.09. The molecule has 0 saturated heterocycles. The summed E-state index contributed by atoms with van der Waals surface area (Å²) in [6.45, 7) is 0.501. The van der Waals surface area contributed by atoms with E-state index >= 15 is 0 Å². The lowest BCUT2D eigenvalue weighted by molar-refractivity contribution is 0.787. The number of aryl methyl sites for hydroxylation is 1. The number of nitrogens with zero attached hydrogens (tertiary/aromatic N) is 3. The van der Waals surface area contributed by atoms with Crippen LogP contribution in [0, 0.1) is 0 Å². The third-order valence-electron chi connectivity index (χ3n) is 2.03. The molecule has 0 saturated carbocycles. The van der Waals surface area contributed by atoms with E-state index in [1.807, 2.05) is 29.9 Å². The van der Waals surface area contributed by atoms with Crippen molar-refractivity contribution in [3.8, 4) is 0 Å². The van der Waals surface area contributed by atoms with Crippen LogP contribution in [0.25, 0.3) is 0 Å². The molecule has 4 nitrogen and oxygen atoms in total.